The number of aryl methyl sites for hydroxylation is 1. The molecular weight excluding hydrogens is 560 g/mol. The van der Waals surface area contributed by atoms with Crippen molar-refractivity contribution in [3.63, 3.8) is 0 Å². The molecule has 0 radical (unpaired) electrons. The molecule has 15 nitrogen and oxygen atoms in total. The normalized spacial score (nSPS) is 10.9. The number of benzene rings is 1. The van der Waals surface area contributed by atoms with Crippen molar-refractivity contribution in [1.29, 1.82) is 0 Å². The van der Waals surface area contributed by atoms with Crippen molar-refractivity contribution in [3.8, 4) is 0 Å². The van der Waals surface area contributed by atoms with Crippen LogP contribution >= 0.6 is 11.3 Å². The van der Waals surface area contributed by atoms with E-state index in [2.05, 4.69) is 20.9 Å². The van der Waals surface area contributed by atoms with Crippen LogP contribution in [-0.2, 0) is 28.5 Å². The van der Waals surface area contributed by atoms with Gasteiger partial charge in [-0.25, -0.2) is 4.98 Å². The lowest BCUT2D eigenvalue weighted by Crippen LogP contribution is -2.17. The van der Waals surface area contributed by atoms with Gasteiger partial charge < -0.3 is 40.1 Å². The fourth-order valence-corrected chi connectivity index (χ4v) is 4.03. The van der Waals surface area contributed by atoms with Gasteiger partial charge in [0.05, 0.1) is 82.2 Å². The van der Waals surface area contributed by atoms with E-state index in [1.165, 1.54) is 13.8 Å². The van der Waals surface area contributed by atoms with Crippen LogP contribution in [-0.4, -0.2) is 101 Å². The van der Waals surface area contributed by atoms with E-state index < -0.39 is 10.8 Å². The molecule has 0 saturated heterocycles. The molecule has 2 amide bonds. The van der Waals surface area contributed by atoms with E-state index in [0.29, 0.717) is 84.8 Å². The van der Waals surface area contributed by atoms with Crippen LogP contribution in [0.2, 0.25) is 0 Å². The van der Waals surface area contributed by atoms with Crippen LogP contribution in [0, 0.1) is 17.0 Å². The van der Waals surface area contributed by atoms with Gasteiger partial charge in [-0.2, -0.15) is 0 Å². The summed E-state index contributed by atoms with van der Waals surface area (Å²) in [6.45, 7) is 8.49. The summed E-state index contributed by atoms with van der Waals surface area (Å²) in [4.78, 5) is 39.0. The molecule has 1 heterocycles. The highest BCUT2D eigenvalue weighted by Gasteiger charge is 2.21. The van der Waals surface area contributed by atoms with Gasteiger partial charge in [-0.3, -0.25) is 25.0 Å². The molecule has 0 fully saturated rings. The molecule has 0 saturated carbocycles. The fraction of sp³-hybridized carbons (Fsp3) is 0.560. The third-order valence-electron chi connectivity index (χ3n) is 5.06. The Balaban J connectivity index is 1.64. The summed E-state index contributed by atoms with van der Waals surface area (Å²) in [6.07, 6.45) is 0. The van der Waals surface area contributed by atoms with Crippen molar-refractivity contribution >= 4 is 44.7 Å². The van der Waals surface area contributed by atoms with Crippen LogP contribution in [0.1, 0.15) is 23.0 Å². The number of hydrogen-bond acceptors (Lipinski definition) is 13. The number of amides is 2. The number of anilines is 3. The molecule has 0 unspecified atom stereocenters. The average Bonchev–Trinajstić information content (AvgIpc) is 3.30. The zero-order valence-corrected chi connectivity index (χ0v) is 24.1. The first-order chi connectivity index (χ1) is 19.8. The zero-order chi connectivity index (χ0) is 29.9. The summed E-state index contributed by atoms with van der Waals surface area (Å²) in [5.41, 5.74) is 6.65. The van der Waals surface area contributed by atoms with Gasteiger partial charge in [0.1, 0.15) is 5.69 Å². The first kappa shape index (κ1) is 34.0. The Labute approximate surface area is 242 Å². The van der Waals surface area contributed by atoms with Crippen LogP contribution < -0.4 is 21.7 Å². The number of aromatic nitrogens is 1. The SMILES string of the molecule is CC(=O)Nc1cc(NCCOCCOCCOCCOCCOCCN)ccc1C(=O)Nc1nc(C)c([N+](=O)[O-])s1. The second kappa shape index (κ2) is 19.8. The van der Waals surface area contributed by atoms with Crippen LogP contribution in [0.5, 0.6) is 0 Å². The summed E-state index contributed by atoms with van der Waals surface area (Å²) < 4.78 is 27.0. The number of ether oxygens (including phenoxy) is 5. The molecule has 16 heteroatoms. The van der Waals surface area contributed by atoms with Crippen molar-refractivity contribution in [2.24, 2.45) is 5.73 Å². The number of carbonyl (C=O) groups excluding carboxylic acids is 2. The Kier molecular flexibility index (Phi) is 16.4. The predicted molar refractivity (Wildman–Crippen MR) is 154 cm³/mol. The summed E-state index contributed by atoms with van der Waals surface area (Å²) in [5.74, 6) is -0.918. The highest BCUT2D eigenvalue weighted by Crippen LogP contribution is 2.30. The third kappa shape index (κ3) is 13.8. The van der Waals surface area contributed by atoms with Crippen LogP contribution in [0.3, 0.4) is 0 Å². The van der Waals surface area contributed by atoms with Gasteiger partial charge in [0, 0.05) is 25.7 Å². The topological polar surface area (TPSA) is 198 Å². The van der Waals surface area contributed by atoms with Crippen LogP contribution in [0.25, 0.3) is 0 Å². The Hall–Kier alpha value is -3.25. The Bertz CT molecular complexity index is 1100. The molecule has 0 aliphatic rings. The molecule has 0 atom stereocenters. The van der Waals surface area contributed by atoms with Gasteiger partial charge in [0.2, 0.25) is 5.91 Å². The zero-order valence-electron chi connectivity index (χ0n) is 23.3. The van der Waals surface area contributed by atoms with Gasteiger partial charge in [0.25, 0.3) is 5.91 Å². The number of hydrogen-bond donors (Lipinski definition) is 4. The van der Waals surface area contributed by atoms with Crippen molar-refractivity contribution in [2.75, 3.05) is 95.1 Å². The Morgan fingerprint density at radius 1 is 0.927 bits per heavy atom. The molecule has 1 aromatic carbocycles. The van der Waals surface area contributed by atoms with E-state index in [1.807, 2.05) is 0 Å². The van der Waals surface area contributed by atoms with E-state index in [4.69, 9.17) is 29.4 Å². The van der Waals surface area contributed by atoms with Gasteiger partial charge in [-0.05, 0) is 36.5 Å². The van der Waals surface area contributed by atoms with Crippen molar-refractivity contribution in [3.05, 3.63) is 39.6 Å². The number of nitrogens with one attached hydrogen (secondary N) is 3. The van der Waals surface area contributed by atoms with Gasteiger partial charge in [-0.15, -0.1) is 0 Å². The first-order valence-corrected chi connectivity index (χ1v) is 13.8. The molecule has 0 aliphatic heterocycles. The highest BCUT2D eigenvalue weighted by atomic mass is 32.1. The lowest BCUT2D eigenvalue weighted by molar-refractivity contribution is -0.380. The minimum absolute atomic E-state index is 0.0923. The van der Waals surface area contributed by atoms with Crippen molar-refractivity contribution in [2.45, 2.75) is 13.8 Å². The Morgan fingerprint density at radius 2 is 1.49 bits per heavy atom. The molecule has 0 spiro atoms. The minimum Gasteiger partial charge on any atom is -0.383 e. The summed E-state index contributed by atoms with van der Waals surface area (Å²) in [7, 11) is 0. The molecule has 0 bridgehead atoms. The number of rotatable bonds is 22. The molecule has 0 aliphatic carbocycles. The molecule has 5 N–H and O–H groups in total. The molecular formula is C25H38N6O9S. The van der Waals surface area contributed by atoms with Crippen LogP contribution in [0.4, 0.5) is 21.5 Å². The average molecular weight is 599 g/mol. The standard InChI is InChI=1S/C25H38N6O9S/c1-18-24(31(34)35)41-25(28-18)30-23(33)21-4-3-20(17-22(21)29-19(2)32)27-6-8-37-10-12-39-14-16-40-15-13-38-11-9-36-7-5-26/h3-4,17,27H,5-16,26H2,1-2H3,(H,29,32)(H,28,30,33). The number of thiazole rings is 1. The summed E-state index contributed by atoms with van der Waals surface area (Å²) in [6, 6.07) is 4.84. The number of carbonyl (C=O) groups is 2. The summed E-state index contributed by atoms with van der Waals surface area (Å²) in [5, 5.41) is 19.3. The quantitative estimate of drug-likeness (QED) is 0.0875. The second-order valence-electron chi connectivity index (χ2n) is 8.34. The lowest BCUT2D eigenvalue weighted by Gasteiger charge is -2.13. The van der Waals surface area contributed by atoms with E-state index in [-0.39, 0.29) is 33.0 Å². The molecule has 41 heavy (non-hydrogen) atoms. The lowest BCUT2D eigenvalue weighted by atomic mass is 10.1. The fourth-order valence-electron chi connectivity index (χ4n) is 3.25. The van der Waals surface area contributed by atoms with Crippen molar-refractivity contribution < 1.29 is 38.2 Å². The molecule has 2 aromatic rings. The van der Waals surface area contributed by atoms with Gasteiger partial charge >= 0.3 is 5.00 Å². The van der Waals surface area contributed by atoms with Crippen molar-refractivity contribution in [1.82, 2.24) is 4.98 Å². The maximum atomic E-state index is 12.8. The van der Waals surface area contributed by atoms with Gasteiger partial charge in [0.15, 0.2) is 5.13 Å². The number of nitro groups is 1. The smallest absolute Gasteiger partial charge is 0.348 e. The maximum Gasteiger partial charge on any atom is 0.348 e. The second-order valence-corrected chi connectivity index (χ2v) is 9.32. The van der Waals surface area contributed by atoms with E-state index >= 15 is 0 Å². The largest absolute Gasteiger partial charge is 0.383 e. The maximum absolute atomic E-state index is 12.8. The van der Waals surface area contributed by atoms with Crippen LogP contribution in [0.15, 0.2) is 18.2 Å². The van der Waals surface area contributed by atoms with E-state index in [1.54, 1.807) is 18.2 Å². The minimum atomic E-state index is -0.560. The number of nitrogens with two attached hydrogens (primary N) is 1. The van der Waals surface area contributed by atoms with E-state index in [9.17, 15) is 19.7 Å². The molecule has 2 rings (SSSR count). The van der Waals surface area contributed by atoms with E-state index in [0.717, 1.165) is 11.3 Å². The third-order valence-corrected chi connectivity index (χ3v) is 6.08. The Morgan fingerprint density at radius 3 is 2.00 bits per heavy atom. The number of nitrogens with zero attached hydrogens (tertiary/aromatic N) is 2. The monoisotopic (exact) mass is 598 g/mol. The molecule has 228 valence electrons. The predicted octanol–water partition coefficient (Wildman–Crippen LogP) is 2.02. The van der Waals surface area contributed by atoms with Gasteiger partial charge in [-0.1, -0.05) is 0 Å². The molecule has 1 aromatic heterocycles. The highest BCUT2D eigenvalue weighted by molar-refractivity contribution is 7.19. The summed E-state index contributed by atoms with van der Waals surface area (Å²) >= 11 is 0.760. The first-order valence-electron chi connectivity index (χ1n) is 13.0.